The normalized spacial score (nSPS) is 10.5. The van der Waals surface area contributed by atoms with Gasteiger partial charge in [0.05, 0.1) is 12.7 Å². The van der Waals surface area contributed by atoms with E-state index in [1.54, 1.807) is 6.26 Å². The first-order valence-corrected chi connectivity index (χ1v) is 6.54. The van der Waals surface area contributed by atoms with Gasteiger partial charge >= 0.3 is 0 Å². The largest absolute Gasteiger partial charge is 0.464 e. The molecule has 5 nitrogen and oxygen atoms in total. The van der Waals surface area contributed by atoms with Crippen LogP contribution in [0.4, 0.5) is 0 Å². The van der Waals surface area contributed by atoms with Crippen molar-refractivity contribution >= 4 is 22.8 Å². The van der Waals surface area contributed by atoms with Gasteiger partial charge < -0.3 is 15.1 Å². The molecule has 0 spiro atoms. The third-order valence-electron chi connectivity index (χ3n) is 2.98. The van der Waals surface area contributed by atoms with E-state index >= 15 is 0 Å². The number of fused-ring (bicyclic) bond motifs is 1. The number of aryl methyl sites for hydroxylation is 1. The molecule has 0 atom stereocenters. The lowest BCUT2D eigenvalue weighted by Crippen LogP contribution is -2.34. The van der Waals surface area contributed by atoms with Crippen LogP contribution in [-0.2, 0) is 16.0 Å². The predicted octanol–water partition coefficient (Wildman–Crippen LogP) is 1.54. The molecule has 2 rings (SSSR count). The van der Waals surface area contributed by atoms with Crippen LogP contribution < -0.4 is 10.6 Å². The maximum Gasteiger partial charge on any atom is 0.224 e. The minimum absolute atomic E-state index is 0.0846. The molecule has 0 radical (unpaired) electrons. The second-order valence-corrected chi connectivity index (χ2v) is 4.77. The van der Waals surface area contributed by atoms with Crippen molar-refractivity contribution in [2.45, 2.75) is 20.3 Å². The van der Waals surface area contributed by atoms with Gasteiger partial charge in [-0.25, -0.2) is 0 Å². The third kappa shape index (κ3) is 3.60. The molecule has 5 heteroatoms. The van der Waals surface area contributed by atoms with Crippen molar-refractivity contribution in [3.63, 3.8) is 0 Å². The lowest BCUT2D eigenvalue weighted by Gasteiger charge is -2.05. The van der Waals surface area contributed by atoms with Gasteiger partial charge in [-0.2, -0.15) is 0 Å². The monoisotopic (exact) mass is 274 g/mol. The average Bonchev–Trinajstić information content (AvgIpc) is 2.77. The summed E-state index contributed by atoms with van der Waals surface area (Å²) in [7, 11) is 0. The molecule has 2 amide bonds. The highest BCUT2D eigenvalue weighted by Gasteiger charge is 2.10. The Labute approximate surface area is 117 Å². The second-order valence-electron chi connectivity index (χ2n) is 4.77. The molecule has 0 saturated carbocycles. The first-order chi connectivity index (χ1) is 9.56. The number of hydrogen-bond acceptors (Lipinski definition) is 3. The van der Waals surface area contributed by atoms with Gasteiger partial charge in [0, 0.05) is 31.0 Å². The van der Waals surface area contributed by atoms with Crippen molar-refractivity contribution < 1.29 is 14.0 Å². The molecule has 0 aliphatic rings. The Kier molecular flexibility index (Phi) is 4.40. The molecule has 0 unspecified atom stereocenters. The van der Waals surface area contributed by atoms with Crippen molar-refractivity contribution in [2.75, 3.05) is 13.1 Å². The molecule has 0 aliphatic carbocycles. The zero-order valence-electron chi connectivity index (χ0n) is 11.7. The Hall–Kier alpha value is -2.30. The minimum atomic E-state index is -0.101. The topological polar surface area (TPSA) is 71.3 Å². The number of benzene rings is 1. The lowest BCUT2D eigenvalue weighted by molar-refractivity contribution is -0.121. The Morgan fingerprint density at radius 3 is 2.70 bits per heavy atom. The van der Waals surface area contributed by atoms with E-state index in [2.05, 4.69) is 10.6 Å². The summed E-state index contributed by atoms with van der Waals surface area (Å²) in [6, 6.07) is 5.91. The van der Waals surface area contributed by atoms with Gasteiger partial charge in [0.2, 0.25) is 11.8 Å². The van der Waals surface area contributed by atoms with Crippen LogP contribution in [-0.4, -0.2) is 24.9 Å². The third-order valence-corrected chi connectivity index (χ3v) is 2.98. The van der Waals surface area contributed by atoms with Crippen molar-refractivity contribution in [1.29, 1.82) is 0 Å². The maximum atomic E-state index is 11.8. The predicted molar refractivity (Wildman–Crippen MR) is 76.3 cm³/mol. The summed E-state index contributed by atoms with van der Waals surface area (Å²) >= 11 is 0. The first kappa shape index (κ1) is 14.1. The summed E-state index contributed by atoms with van der Waals surface area (Å²) in [4.78, 5) is 22.5. The van der Waals surface area contributed by atoms with Crippen molar-refractivity contribution in [3.05, 3.63) is 35.6 Å². The number of nitrogens with one attached hydrogen (secondary N) is 2. The van der Waals surface area contributed by atoms with Gasteiger partial charge in [0.1, 0.15) is 5.58 Å². The number of carbonyl (C=O) groups excluding carboxylic acids is 2. The fraction of sp³-hybridized carbons (Fsp3) is 0.333. The zero-order valence-corrected chi connectivity index (χ0v) is 11.7. The van der Waals surface area contributed by atoms with Gasteiger partial charge in [0.15, 0.2) is 0 Å². The Morgan fingerprint density at radius 1 is 1.20 bits per heavy atom. The summed E-state index contributed by atoms with van der Waals surface area (Å²) in [6.07, 6.45) is 1.90. The molecule has 2 N–H and O–H groups in total. The van der Waals surface area contributed by atoms with Gasteiger partial charge in [-0.3, -0.25) is 9.59 Å². The molecule has 1 aromatic heterocycles. The molecule has 106 valence electrons. The molecule has 1 aromatic carbocycles. The Bertz CT molecular complexity index is 631. The number of furan rings is 1. The van der Waals surface area contributed by atoms with Crippen LogP contribution in [0.15, 0.2) is 28.9 Å². The highest BCUT2D eigenvalue weighted by molar-refractivity contribution is 5.87. The SMILES string of the molecule is CC(=O)NCCNC(=O)Cc1coc2cc(C)ccc12. The molecular weight excluding hydrogens is 256 g/mol. The van der Waals surface area contributed by atoms with E-state index in [-0.39, 0.29) is 18.2 Å². The molecule has 20 heavy (non-hydrogen) atoms. The fourth-order valence-corrected chi connectivity index (χ4v) is 2.00. The molecule has 2 aromatic rings. The first-order valence-electron chi connectivity index (χ1n) is 6.54. The standard InChI is InChI=1S/C15H18N2O3/c1-10-3-4-13-12(9-20-14(13)7-10)8-15(19)17-6-5-16-11(2)18/h3-4,7,9H,5-6,8H2,1-2H3,(H,16,18)(H,17,19). The fourth-order valence-electron chi connectivity index (χ4n) is 2.00. The number of rotatable bonds is 5. The van der Waals surface area contributed by atoms with E-state index in [0.717, 1.165) is 22.1 Å². The Balaban J connectivity index is 1.91. The maximum absolute atomic E-state index is 11.8. The van der Waals surface area contributed by atoms with Crippen molar-refractivity contribution in [3.8, 4) is 0 Å². The van der Waals surface area contributed by atoms with Gasteiger partial charge in [-0.05, 0) is 18.6 Å². The summed E-state index contributed by atoms with van der Waals surface area (Å²) in [5.74, 6) is -0.186. The molecule has 1 heterocycles. The van der Waals surface area contributed by atoms with Crippen LogP contribution in [0.2, 0.25) is 0 Å². The van der Waals surface area contributed by atoms with E-state index in [4.69, 9.17) is 4.42 Å². The van der Waals surface area contributed by atoms with Crippen LogP contribution in [0, 0.1) is 6.92 Å². The highest BCUT2D eigenvalue weighted by atomic mass is 16.3. The number of carbonyl (C=O) groups is 2. The highest BCUT2D eigenvalue weighted by Crippen LogP contribution is 2.22. The zero-order chi connectivity index (χ0) is 14.5. The quantitative estimate of drug-likeness (QED) is 0.812. The molecule has 0 saturated heterocycles. The molecular formula is C15H18N2O3. The summed E-state index contributed by atoms with van der Waals surface area (Å²) < 4.78 is 5.45. The second kappa shape index (κ2) is 6.23. The van der Waals surface area contributed by atoms with Crippen molar-refractivity contribution in [2.24, 2.45) is 0 Å². The van der Waals surface area contributed by atoms with Crippen molar-refractivity contribution in [1.82, 2.24) is 10.6 Å². The minimum Gasteiger partial charge on any atom is -0.464 e. The lowest BCUT2D eigenvalue weighted by atomic mass is 10.1. The number of hydrogen-bond donors (Lipinski definition) is 2. The van der Waals surface area contributed by atoms with Gasteiger partial charge in [0.25, 0.3) is 0 Å². The van der Waals surface area contributed by atoms with Crippen LogP contribution in [0.3, 0.4) is 0 Å². The van der Waals surface area contributed by atoms with Gasteiger partial charge in [-0.1, -0.05) is 12.1 Å². The van der Waals surface area contributed by atoms with Crippen LogP contribution in [0.25, 0.3) is 11.0 Å². The number of amides is 2. The van der Waals surface area contributed by atoms with E-state index in [9.17, 15) is 9.59 Å². The van der Waals surface area contributed by atoms with Crippen LogP contribution in [0.1, 0.15) is 18.1 Å². The van der Waals surface area contributed by atoms with E-state index in [1.165, 1.54) is 6.92 Å². The summed E-state index contributed by atoms with van der Waals surface area (Å²) in [5, 5.41) is 6.35. The van der Waals surface area contributed by atoms with Gasteiger partial charge in [-0.15, -0.1) is 0 Å². The van der Waals surface area contributed by atoms with Crippen LogP contribution in [0.5, 0.6) is 0 Å². The molecule has 0 fully saturated rings. The molecule has 0 aliphatic heterocycles. The average molecular weight is 274 g/mol. The Morgan fingerprint density at radius 2 is 1.95 bits per heavy atom. The summed E-state index contributed by atoms with van der Waals surface area (Å²) in [6.45, 7) is 4.30. The van der Waals surface area contributed by atoms with Crippen LogP contribution >= 0.6 is 0 Å². The van der Waals surface area contributed by atoms with E-state index in [0.29, 0.717) is 13.1 Å². The molecule has 0 bridgehead atoms. The smallest absolute Gasteiger partial charge is 0.224 e. The summed E-state index contributed by atoms with van der Waals surface area (Å²) in [5.41, 5.74) is 2.79. The van der Waals surface area contributed by atoms with E-state index in [1.807, 2.05) is 25.1 Å². The van der Waals surface area contributed by atoms with E-state index < -0.39 is 0 Å².